The van der Waals surface area contributed by atoms with Crippen molar-refractivity contribution in [2.45, 2.75) is 24.8 Å². The lowest BCUT2D eigenvalue weighted by molar-refractivity contribution is -0.124. The predicted molar refractivity (Wildman–Crippen MR) is 58.6 cm³/mol. The maximum atomic E-state index is 11.3. The lowest BCUT2D eigenvalue weighted by atomic mass is 9.93. The van der Waals surface area contributed by atoms with E-state index in [0.29, 0.717) is 11.8 Å². The minimum absolute atomic E-state index is 0.123. The standard InChI is InChI=1S/C9H9NO2.CHF3O3S/c11-8-6-4-1-2-5(3-4)7(6)9(12)10-8;2-1(3,4)8(5,6)7/h4-5H,1-3H2,(H,10,11,12);(H,5,6,7). The minimum Gasteiger partial charge on any atom is -0.289 e. The van der Waals surface area contributed by atoms with Crippen molar-refractivity contribution in [2.24, 2.45) is 11.8 Å². The fraction of sp³-hybridized carbons (Fsp3) is 0.600. The summed E-state index contributed by atoms with van der Waals surface area (Å²) in [6.07, 6.45) is 3.25. The van der Waals surface area contributed by atoms with E-state index in [1.807, 2.05) is 0 Å². The fourth-order valence-corrected chi connectivity index (χ4v) is 2.80. The molecule has 2 unspecified atom stereocenters. The summed E-state index contributed by atoms with van der Waals surface area (Å²) in [5, 5.41) is 2.37. The van der Waals surface area contributed by atoms with E-state index < -0.39 is 15.6 Å². The lowest BCUT2D eigenvalue weighted by Gasteiger charge is -2.08. The van der Waals surface area contributed by atoms with Gasteiger partial charge < -0.3 is 0 Å². The Balaban J connectivity index is 0.000000163. The van der Waals surface area contributed by atoms with Crippen molar-refractivity contribution in [3.63, 3.8) is 0 Å². The lowest BCUT2D eigenvalue weighted by Crippen LogP contribution is -2.26. The van der Waals surface area contributed by atoms with Gasteiger partial charge in [-0.15, -0.1) is 0 Å². The first-order chi connectivity index (χ1) is 9.02. The number of carbonyl (C=O) groups is 2. The zero-order valence-electron chi connectivity index (χ0n) is 9.90. The molecule has 0 aromatic rings. The van der Waals surface area contributed by atoms with Crippen LogP contribution in [0.25, 0.3) is 0 Å². The number of imide groups is 1. The molecule has 6 nitrogen and oxygen atoms in total. The Morgan fingerprint density at radius 1 is 1.05 bits per heavy atom. The largest absolute Gasteiger partial charge is 0.522 e. The number of fused-ring (bicyclic) bond motifs is 4. The van der Waals surface area contributed by atoms with Crippen molar-refractivity contribution in [1.82, 2.24) is 5.32 Å². The highest BCUT2D eigenvalue weighted by atomic mass is 32.2. The second-order valence-electron chi connectivity index (χ2n) is 4.74. The normalized spacial score (nSPS) is 28.2. The van der Waals surface area contributed by atoms with Gasteiger partial charge in [-0.05, 0) is 31.1 Å². The molecule has 1 heterocycles. The molecule has 2 N–H and O–H groups in total. The third kappa shape index (κ3) is 2.44. The Kier molecular flexibility index (Phi) is 3.41. The number of hydrogen-bond donors (Lipinski definition) is 2. The highest BCUT2D eigenvalue weighted by molar-refractivity contribution is 7.86. The first kappa shape index (κ1) is 15.0. The Bertz CT molecular complexity index is 577. The van der Waals surface area contributed by atoms with Gasteiger partial charge in [0.25, 0.3) is 11.8 Å². The summed E-state index contributed by atoms with van der Waals surface area (Å²) >= 11 is 0. The number of nitrogens with one attached hydrogen (secondary N) is 1. The van der Waals surface area contributed by atoms with Crippen LogP contribution in [0.5, 0.6) is 0 Å². The average Bonchev–Trinajstić information content (AvgIpc) is 2.91. The van der Waals surface area contributed by atoms with Crippen molar-refractivity contribution in [1.29, 1.82) is 0 Å². The molecule has 2 atom stereocenters. The first-order valence-corrected chi connectivity index (χ1v) is 7.10. The van der Waals surface area contributed by atoms with Crippen molar-refractivity contribution < 1.29 is 35.7 Å². The van der Waals surface area contributed by atoms with E-state index in [4.69, 9.17) is 13.0 Å². The number of halogens is 3. The number of alkyl halides is 3. The van der Waals surface area contributed by atoms with Crippen LogP contribution in [0, 0.1) is 11.8 Å². The Morgan fingerprint density at radius 3 is 1.70 bits per heavy atom. The number of hydrogen-bond acceptors (Lipinski definition) is 4. The minimum atomic E-state index is -5.84. The van der Waals surface area contributed by atoms with E-state index in [-0.39, 0.29) is 11.8 Å². The molecule has 0 aromatic carbocycles. The van der Waals surface area contributed by atoms with E-state index in [2.05, 4.69) is 5.32 Å². The van der Waals surface area contributed by atoms with Crippen LogP contribution in [0.1, 0.15) is 19.3 Å². The molecule has 10 heteroatoms. The van der Waals surface area contributed by atoms with Crippen molar-refractivity contribution in [3.8, 4) is 0 Å². The molecular formula is C10H10F3NO5S. The van der Waals surface area contributed by atoms with Gasteiger partial charge >= 0.3 is 15.6 Å². The molecule has 2 bridgehead atoms. The summed E-state index contributed by atoms with van der Waals surface area (Å²) in [7, 11) is -5.84. The smallest absolute Gasteiger partial charge is 0.289 e. The van der Waals surface area contributed by atoms with Crippen LogP contribution in [-0.2, 0) is 19.7 Å². The number of amides is 2. The van der Waals surface area contributed by atoms with Gasteiger partial charge in [0.2, 0.25) is 0 Å². The summed E-state index contributed by atoms with van der Waals surface area (Å²) in [5.74, 6) is 0.553. The summed E-state index contributed by atoms with van der Waals surface area (Å²) in [6, 6.07) is 0. The van der Waals surface area contributed by atoms with Crippen molar-refractivity contribution >= 4 is 21.9 Å². The molecule has 0 spiro atoms. The second-order valence-corrected chi connectivity index (χ2v) is 6.15. The topological polar surface area (TPSA) is 101 Å². The summed E-state index contributed by atoms with van der Waals surface area (Å²) in [5.41, 5.74) is -3.90. The molecule has 0 saturated heterocycles. The zero-order chi connectivity index (χ0) is 15.3. The van der Waals surface area contributed by atoms with Crippen LogP contribution in [0.15, 0.2) is 11.1 Å². The Labute approximate surface area is 111 Å². The molecule has 1 aliphatic heterocycles. The van der Waals surface area contributed by atoms with Gasteiger partial charge in [-0.1, -0.05) is 0 Å². The monoisotopic (exact) mass is 313 g/mol. The van der Waals surface area contributed by atoms with E-state index in [0.717, 1.165) is 30.4 Å². The molecule has 2 aliphatic carbocycles. The van der Waals surface area contributed by atoms with E-state index in [1.165, 1.54) is 0 Å². The summed E-state index contributed by atoms with van der Waals surface area (Å²) in [4.78, 5) is 22.5. The molecule has 0 radical (unpaired) electrons. The first-order valence-electron chi connectivity index (χ1n) is 5.66. The molecule has 3 rings (SSSR count). The SMILES string of the molecule is O=C1NC(=O)C2=C1C1CCC2C1.O=S(=O)(O)C(F)(F)F. The highest BCUT2D eigenvalue weighted by Crippen LogP contribution is 2.50. The van der Waals surface area contributed by atoms with E-state index in [9.17, 15) is 22.8 Å². The van der Waals surface area contributed by atoms with Crippen LogP contribution in [-0.4, -0.2) is 30.3 Å². The van der Waals surface area contributed by atoms with Crippen molar-refractivity contribution in [3.05, 3.63) is 11.1 Å². The fourth-order valence-electron chi connectivity index (χ4n) is 2.80. The Morgan fingerprint density at radius 2 is 1.40 bits per heavy atom. The average molecular weight is 313 g/mol. The van der Waals surface area contributed by atoms with Crippen LogP contribution in [0.3, 0.4) is 0 Å². The van der Waals surface area contributed by atoms with Gasteiger partial charge in [0.15, 0.2) is 0 Å². The van der Waals surface area contributed by atoms with Crippen LogP contribution >= 0.6 is 0 Å². The quantitative estimate of drug-likeness (QED) is 0.391. The van der Waals surface area contributed by atoms with Crippen LogP contribution in [0.2, 0.25) is 0 Å². The summed E-state index contributed by atoms with van der Waals surface area (Å²) < 4.78 is 57.5. The molecule has 3 aliphatic rings. The number of rotatable bonds is 0. The van der Waals surface area contributed by atoms with E-state index >= 15 is 0 Å². The highest BCUT2D eigenvalue weighted by Gasteiger charge is 2.48. The maximum absolute atomic E-state index is 11.3. The van der Waals surface area contributed by atoms with E-state index in [1.54, 1.807) is 0 Å². The number of carbonyl (C=O) groups excluding carboxylic acids is 2. The van der Waals surface area contributed by atoms with Gasteiger partial charge in [-0.2, -0.15) is 21.6 Å². The van der Waals surface area contributed by atoms with Crippen LogP contribution in [0.4, 0.5) is 13.2 Å². The molecule has 112 valence electrons. The maximum Gasteiger partial charge on any atom is 0.522 e. The summed E-state index contributed by atoms with van der Waals surface area (Å²) in [6.45, 7) is 0. The van der Waals surface area contributed by atoms with Crippen LogP contribution < -0.4 is 5.32 Å². The molecule has 1 fully saturated rings. The second kappa shape index (κ2) is 4.55. The van der Waals surface area contributed by atoms with Gasteiger partial charge in [-0.25, -0.2) is 0 Å². The third-order valence-corrected chi connectivity index (χ3v) is 4.13. The molecule has 2 amide bonds. The molecule has 20 heavy (non-hydrogen) atoms. The predicted octanol–water partition coefficient (Wildman–Crippen LogP) is 0.763. The zero-order valence-corrected chi connectivity index (χ0v) is 10.7. The molecule has 1 saturated carbocycles. The van der Waals surface area contributed by atoms with Gasteiger partial charge in [0.05, 0.1) is 0 Å². The van der Waals surface area contributed by atoms with Gasteiger partial charge in [0, 0.05) is 11.1 Å². The van der Waals surface area contributed by atoms with Crippen molar-refractivity contribution in [2.75, 3.05) is 0 Å². The molecular weight excluding hydrogens is 303 g/mol. The third-order valence-electron chi connectivity index (χ3n) is 3.55. The Hall–Kier alpha value is -1.42. The van der Waals surface area contributed by atoms with Gasteiger partial charge in [-0.3, -0.25) is 19.5 Å². The van der Waals surface area contributed by atoms with Gasteiger partial charge in [0.1, 0.15) is 0 Å². The molecule has 0 aromatic heterocycles.